The average molecular weight is 245 g/mol. The molecule has 2 aromatic rings. The fraction of sp³-hybridized carbons (Fsp3) is 0.357. The number of hydrogen-bond donors (Lipinski definition) is 2. The van der Waals surface area contributed by atoms with Crippen LogP contribution in [0.1, 0.15) is 13.8 Å². The fourth-order valence-electron chi connectivity index (χ4n) is 1.72. The number of fused-ring (bicyclic) bond motifs is 1. The van der Waals surface area contributed by atoms with E-state index in [-0.39, 0.29) is 5.60 Å². The van der Waals surface area contributed by atoms with Gasteiger partial charge in [0.15, 0.2) is 0 Å². The first-order valence-electron chi connectivity index (χ1n) is 5.96. The van der Waals surface area contributed by atoms with Gasteiger partial charge < -0.3 is 15.8 Å². The van der Waals surface area contributed by atoms with E-state index in [0.29, 0.717) is 6.54 Å². The quantitative estimate of drug-likeness (QED) is 0.813. The molecule has 2 rings (SSSR count). The maximum atomic E-state index is 5.94. The molecule has 4 nitrogen and oxygen atoms in total. The van der Waals surface area contributed by atoms with Gasteiger partial charge in [-0.15, -0.1) is 0 Å². The van der Waals surface area contributed by atoms with Gasteiger partial charge in [0.25, 0.3) is 0 Å². The summed E-state index contributed by atoms with van der Waals surface area (Å²) in [5.41, 5.74) is 8.34. The lowest BCUT2D eigenvalue weighted by atomic mass is 10.1. The van der Waals surface area contributed by atoms with Gasteiger partial charge in [0.05, 0.1) is 16.8 Å². The predicted molar refractivity (Wildman–Crippen MR) is 75.7 cm³/mol. The topological polar surface area (TPSA) is 60.2 Å². The second-order valence-corrected chi connectivity index (χ2v) is 4.92. The molecule has 0 spiro atoms. The lowest BCUT2D eigenvalue weighted by molar-refractivity contribution is 0.0344. The van der Waals surface area contributed by atoms with Crippen molar-refractivity contribution in [2.75, 3.05) is 24.7 Å². The zero-order chi connectivity index (χ0) is 13.2. The molecule has 96 valence electrons. The van der Waals surface area contributed by atoms with E-state index in [1.807, 2.05) is 38.1 Å². The van der Waals surface area contributed by atoms with Crippen LogP contribution in [0, 0.1) is 0 Å². The largest absolute Gasteiger partial charge is 0.398 e. The van der Waals surface area contributed by atoms with Crippen LogP contribution >= 0.6 is 0 Å². The van der Waals surface area contributed by atoms with Crippen LogP contribution in [0.4, 0.5) is 11.4 Å². The van der Waals surface area contributed by atoms with Gasteiger partial charge in [-0.2, -0.15) is 0 Å². The number of hydrogen-bond acceptors (Lipinski definition) is 4. The number of aromatic nitrogens is 1. The molecule has 4 heteroatoms. The van der Waals surface area contributed by atoms with Crippen molar-refractivity contribution < 1.29 is 4.74 Å². The van der Waals surface area contributed by atoms with Crippen molar-refractivity contribution in [3.63, 3.8) is 0 Å². The summed E-state index contributed by atoms with van der Waals surface area (Å²) < 4.78 is 5.39. The molecule has 0 amide bonds. The molecule has 0 radical (unpaired) electrons. The van der Waals surface area contributed by atoms with Crippen LogP contribution in [0.2, 0.25) is 0 Å². The summed E-state index contributed by atoms with van der Waals surface area (Å²) in [6.45, 7) is 4.78. The highest BCUT2D eigenvalue weighted by atomic mass is 16.5. The van der Waals surface area contributed by atoms with Gasteiger partial charge in [-0.05, 0) is 38.1 Å². The Morgan fingerprint density at radius 1 is 1.33 bits per heavy atom. The highest BCUT2D eigenvalue weighted by Gasteiger charge is 2.16. The molecule has 18 heavy (non-hydrogen) atoms. The van der Waals surface area contributed by atoms with Crippen LogP contribution in [-0.2, 0) is 4.74 Å². The molecule has 1 aromatic carbocycles. The number of pyridine rings is 1. The van der Waals surface area contributed by atoms with Crippen molar-refractivity contribution in [1.82, 2.24) is 4.98 Å². The molecule has 0 saturated heterocycles. The maximum absolute atomic E-state index is 5.94. The smallest absolute Gasteiger partial charge is 0.0953 e. The van der Waals surface area contributed by atoms with Gasteiger partial charge in [0.2, 0.25) is 0 Å². The zero-order valence-corrected chi connectivity index (χ0v) is 11.0. The molecule has 0 bridgehead atoms. The first-order chi connectivity index (χ1) is 8.53. The predicted octanol–water partition coefficient (Wildman–Crippen LogP) is 2.65. The van der Waals surface area contributed by atoms with Gasteiger partial charge in [-0.1, -0.05) is 0 Å². The van der Waals surface area contributed by atoms with Crippen LogP contribution in [0.25, 0.3) is 10.9 Å². The Hall–Kier alpha value is -1.81. The van der Waals surface area contributed by atoms with E-state index in [2.05, 4.69) is 10.3 Å². The van der Waals surface area contributed by atoms with Crippen molar-refractivity contribution in [3.8, 4) is 0 Å². The molecule has 0 unspecified atom stereocenters. The van der Waals surface area contributed by atoms with Crippen LogP contribution in [0.5, 0.6) is 0 Å². The van der Waals surface area contributed by atoms with E-state index in [9.17, 15) is 0 Å². The Morgan fingerprint density at radius 2 is 2.11 bits per heavy atom. The minimum atomic E-state index is -0.220. The Bertz CT molecular complexity index is 552. The summed E-state index contributed by atoms with van der Waals surface area (Å²) >= 11 is 0. The summed E-state index contributed by atoms with van der Waals surface area (Å²) in [4.78, 5) is 4.39. The molecular formula is C14H19N3O. The minimum Gasteiger partial charge on any atom is -0.398 e. The van der Waals surface area contributed by atoms with Crippen LogP contribution < -0.4 is 11.1 Å². The van der Waals surface area contributed by atoms with Crippen LogP contribution in [-0.4, -0.2) is 24.2 Å². The zero-order valence-electron chi connectivity index (χ0n) is 11.0. The number of nitrogens with one attached hydrogen (secondary N) is 1. The second kappa shape index (κ2) is 4.82. The third-order valence-corrected chi connectivity index (χ3v) is 3.06. The van der Waals surface area contributed by atoms with E-state index in [1.54, 1.807) is 13.3 Å². The number of nitrogens with two attached hydrogens (primary N) is 1. The fourth-order valence-corrected chi connectivity index (χ4v) is 1.72. The number of nitrogen functional groups attached to an aromatic ring is 1. The Labute approximate surface area is 107 Å². The minimum absolute atomic E-state index is 0.220. The average Bonchev–Trinajstić information content (AvgIpc) is 2.38. The van der Waals surface area contributed by atoms with Crippen molar-refractivity contribution >= 4 is 22.3 Å². The van der Waals surface area contributed by atoms with Gasteiger partial charge in [0.1, 0.15) is 0 Å². The number of methoxy groups -OCH3 is 1. The van der Waals surface area contributed by atoms with Crippen LogP contribution in [0.15, 0.2) is 30.5 Å². The van der Waals surface area contributed by atoms with Gasteiger partial charge in [-0.25, -0.2) is 0 Å². The number of benzene rings is 1. The third-order valence-electron chi connectivity index (χ3n) is 3.06. The summed E-state index contributed by atoms with van der Waals surface area (Å²) in [5, 5.41) is 4.33. The SMILES string of the molecule is COC(C)(C)CNc1ccc(N)c2cccnc12. The number of nitrogens with zero attached hydrogens (tertiary/aromatic N) is 1. The highest BCUT2D eigenvalue weighted by Crippen LogP contribution is 2.26. The summed E-state index contributed by atoms with van der Waals surface area (Å²) in [7, 11) is 1.71. The normalized spacial score (nSPS) is 11.7. The molecular weight excluding hydrogens is 226 g/mol. The van der Waals surface area contributed by atoms with Crippen LogP contribution in [0.3, 0.4) is 0 Å². The Morgan fingerprint density at radius 3 is 2.83 bits per heavy atom. The van der Waals surface area contributed by atoms with Crippen molar-refractivity contribution in [1.29, 1.82) is 0 Å². The lowest BCUT2D eigenvalue weighted by Gasteiger charge is -2.24. The van der Waals surface area contributed by atoms with Crippen molar-refractivity contribution in [2.24, 2.45) is 0 Å². The number of rotatable bonds is 4. The molecule has 0 aliphatic rings. The molecule has 0 aliphatic carbocycles. The monoisotopic (exact) mass is 245 g/mol. The van der Waals surface area contributed by atoms with E-state index in [1.165, 1.54) is 0 Å². The lowest BCUT2D eigenvalue weighted by Crippen LogP contribution is -2.32. The molecule has 3 N–H and O–H groups in total. The van der Waals surface area contributed by atoms with Gasteiger partial charge in [-0.3, -0.25) is 4.98 Å². The van der Waals surface area contributed by atoms with E-state index < -0.39 is 0 Å². The van der Waals surface area contributed by atoms with Crippen molar-refractivity contribution in [2.45, 2.75) is 19.4 Å². The number of ether oxygens (including phenoxy) is 1. The standard InChI is InChI=1S/C14H19N3O/c1-14(2,18-3)9-17-12-7-6-11(15)10-5-4-8-16-13(10)12/h4-8,17H,9,15H2,1-3H3. The molecule has 0 saturated carbocycles. The van der Waals surface area contributed by atoms with E-state index in [0.717, 1.165) is 22.3 Å². The molecule has 0 fully saturated rings. The van der Waals surface area contributed by atoms with Gasteiger partial charge in [0, 0.05) is 30.9 Å². The molecule has 1 aromatic heterocycles. The first kappa shape index (κ1) is 12.6. The Balaban J connectivity index is 2.32. The van der Waals surface area contributed by atoms with Crippen molar-refractivity contribution in [3.05, 3.63) is 30.5 Å². The molecule has 1 heterocycles. The summed E-state index contributed by atoms with van der Waals surface area (Å²) in [6.07, 6.45) is 1.77. The first-order valence-corrected chi connectivity index (χ1v) is 5.96. The van der Waals surface area contributed by atoms with Gasteiger partial charge >= 0.3 is 0 Å². The maximum Gasteiger partial charge on any atom is 0.0953 e. The number of anilines is 2. The highest BCUT2D eigenvalue weighted by molar-refractivity contribution is 5.98. The molecule has 0 aliphatic heterocycles. The van der Waals surface area contributed by atoms with E-state index in [4.69, 9.17) is 10.5 Å². The second-order valence-electron chi connectivity index (χ2n) is 4.92. The third kappa shape index (κ3) is 2.54. The summed E-state index contributed by atoms with van der Waals surface area (Å²) in [6, 6.07) is 7.72. The summed E-state index contributed by atoms with van der Waals surface area (Å²) in [5.74, 6) is 0. The van der Waals surface area contributed by atoms with E-state index >= 15 is 0 Å². The Kier molecular flexibility index (Phi) is 3.39. The molecule has 0 atom stereocenters.